The van der Waals surface area contributed by atoms with E-state index in [4.69, 9.17) is 6.42 Å². The van der Waals surface area contributed by atoms with Gasteiger partial charge in [-0.15, -0.1) is 30.4 Å². The van der Waals surface area contributed by atoms with Crippen LogP contribution in [0.1, 0.15) is 11.1 Å². The zero-order chi connectivity index (χ0) is 19.2. The maximum atomic E-state index is 13.1. The van der Waals surface area contributed by atoms with Crippen molar-refractivity contribution in [3.63, 3.8) is 0 Å². The van der Waals surface area contributed by atoms with Crippen molar-refractivity contribution < 1.29 is 13.2 Å². The van der Waals surface area contributed by atoms with Gasteiger partial charge in [-0.05, 0) is 30.8 Å². The molecule has 9 heteroatoms. The summed E-state index contributed by atoms with van der Waals surface area (Å²) in [5.74, 6) is 2.88. The van der Waals surface area contributed by atoms with E-state index in [1.165, 1.54) is 6.07 Å². The summed E-state index contributed by atoms with van der Waals surface area (Å²) in [6.45, 7) is 3.81. The van der Waals surface area contributed by atoms with E-state index < -0.39 is 11.7 Å². The summed E-state index contributed by atoms with van der Waals surface area (Å²) in [5.41, 5.74) is 0.734. The summed E-state index contributed by atoms with van der Waals surface area (Å²) in [5, 5.41) is 5.93. The molecular weight excluding hydrogens is 470 g/mol. The number of hydrogen-bond acceptors (Lipinski definition) is 3. The van der Waals surface area contributed by atoms with Crippen LogP contribution < -0.4 is 15.5 Å². The normalized spacial score (nSPS) is 15.7. The lowest BCUT2D eigenvalue weighted by Crippen LogP contribution is -2.45. The molecule has 0 saturated carbocycles. The second-order valence-corrected chi connectivity index (χ2v) is 6.12. The third-order valence-corrected chi connectivity index (χ3v) is 4.28. The van der Waals surface area contributed by atoms with Gasteiger partial charge in [0.15, 0.2) is 5.96 Å². The van der Waals surface area contributed by atoms with Gasteiger partial charge in [0.2, 0.25) is 0 Å². The minimum atomic E-state index is -4.38. The quantitative estimate of drug-likeness (QED) is 0.292. The standard InChI is InChI=1S/C18H24F3N5.HI/c1-4-7-23-17(22-2)24-13-14-12-15(18(19,20)21)5-6-16(14)26-10-8-25(3)9-11-26;/h1,5-6,12H,7-11,13H2,2-3H3,(H2,22,23,24);1H. The van der Waals surface area contributed by atoms with Crippen molar-refractivity contribution in [2.75, 3.05) is 51.7 Å². The van der Waals surface area contributed by atoms with E-state index in [0.29, 0.717) is 11.5 Å². The van der Waals surface area contributed by atoms with E-state index in [-0.39, 0.29) is 37.1 Å². The lowest BCUT2D eigenvalue weighted by atomic mass is 10.1. The van der Waals surface area contributed by atoms with Crippen molar-refractivity contribution in [1.82, 2.24) is 15.5 Å². The van der Waals surface area contributed by atoms with Gasteiger partial charge in [-0.1, -0.05) is 5.92 Å². The van der Waals surface area contributed by atoms with E-state index in [9.17, 15) is 13.2 Å². The molecule has 5 nitrogen and oxygen atoms in total. The predicted octanol–water partition coefficient (Wildman–Crippen LogP) is 2.37. The number of alkyl halides is 3. The van der Waals surface area contributed by atoms with Crippen LogP contribution in [0, 0.1) is 12.3 Å². The third-order valence-electron chi connectivity index (χ3n) is 4.28. The number of rotatable bonds is 4. The number of likely N-dealkylation sites (N-methyl/N-ethyl adjacent to an activating group) is 1. The number of benzene rings is 1. The van der Waals surface area contributed by atoms with Crippen molar-refractivity contribution in [3.8, 4) is 12.3 Å². The van der Waals surface area contributed by atoms with Gasteiger partial charge in [-0.3, -0.25) is 4.99 Å². The molecule has 0 atom stereocenters. The van der Waals surface area contributed by atoms with Crippen molar-refractivity contribution in [2.45, 2.75) is 12.7 Å². The molecule has 1 aliphatic heterocycles. The van der Waals surface area contributed by atoms with Gasteiger partial charge in [0.1, 0.15) is 0 Å². The minimum Gasteiger partial charge on any atom is -0.369 e. The average Bonchev–Trinajstić information content (AvgIpc) is 2.62. The second kappa shape index (κ2) is 10.6. The number of piperazine rings is 1. The zero-order valence-corrected chi connectivity index (χ0v) is 17.8. The van der Waals surface area contributed by atoms with E-state index >= 15 is 0 Å². The fourth-order valence-corrected chi connectivity index (χ4v) is 2.79. The molecule has 1 fully saturated rings. The highest BCUT2D eigenvalue weighted by Gasteiger charge is 2.31. The number of hydrogen-bond donors (Lipinski definition) is 2. The zero-order valence-electron chi connectivity index (χ0n) is 15.4. The van der Waals surface area contributed by atoms with Gasteiger partial charge in [0.05, 0.1) is 12.1 Å². The lowest BCUT2D eigenvalue weighted by Gasteiger charge is -2.35. The first-order valence-corrected chi connectivity index (χ1v) is 8.36. The summed E-state index contributed by atoms with van der Waals surface area (Å²) in [6, 6.07) is 3.90. The molecule has 27 heavy (non-hydrogen) atoms. The number of guanidine groups is 1. The molecule has 2 N–H and O–H groups in total. The molecule has 0 radical (unpaired) electrons. The smallest absolute Gasteiger partial charge is 0.369 e. The van der Waals surface area contributed by atoms with Crippen LogP contribution >= 0.6 is 24.0 Å². The van der Waals surface area contributed by atoms with Crippen LogP contribution in [0.25, 0.3) is 0 Å². The molecule has 150 valence electrons. The Morgan fingerprint density at radius 1 is 1.22 bits per heavy atom. The first-order valence-electron chi connectivity index (χ1n) is 8.36. The van der Waals surface area contributed by atoms with Crippen molar-refractivity contribution >= 4 is 35.6 Å². The highest BCUT2D eigenvalue weighted by Crippen LogP contribution is 2.33. The first kappa shape index (κ1) is 23.4. The van der Waals surface area contributed by atoms with Gasteiger partial charge in [0, 0.05) is 45.5 Å². The Balaban J connectivity index is 0.00000364. The van der Waals surface area contributed by atoms with Gasteiger partial charge < -0.3 is 20.4 Å². The maximum Gasteiger partial charge on any atom is 0.416 e. The fraction of sp³-hybridized carbons (Fsp3) is 0.500. The average molecular weight is 495 g/mol. The molecule has 0 aliphatic carbocycles. The number of terminal acetylenes is 1. The van der Waals surface area contributed by atoms with Crippen LogP contribution in [0.3, 0.4) is 0 Å². The summed E-state index contributed by atoms with van der Waals surface area (Å²) in [7, 11) is 3.62. The molecule has 2 rings (SSSR count). The topological polar surface area (TPSA) is 42.9 Å². The highest BCUT2D eigenvalue weighted by molar-refractivity contribution is 14.0. The summed E-state index contributed by atoms with van der Waals surface area (Å²) < 4.78 is 39.4. The first-order chi connectivity index (χ1) is 12.3. The van der Waals surface area contributed by atoms with Gasteiger partial charge in [0.25, 0.3) is 0 Å². The van der Waals surface area contributed by atoms with Crippen LogP contribution in [0.5, 0.6) is 0 Å². The molecule has 1 aromatic rings. The number of anilines is 1. The predicted molar refractivity (Wildman–Crippen MR) is 114 cm³/mol. The van der Waals surface area contributed by atoms with Gasteiger partial charge in [-0.2, -0.15) is 13.2 Å². The van der Waals surface area contributed by atoms with Crippen molar-refractivity contribution in [2.24, 2.45) is 4.99 Å². The van der Waals surface area contributed by atoms with E-state index in [2.05, 4.69) is 31.3 Å². The van der Waals surface area contributed by atoms with Crippen molar-refractivity contribution in [1.29, 1.82) is 0 Å². The Kier molecular flexibility index (Phi) is 9.18. The van der Waals surface area contributed by atoms with E-state index in [1.807, 2.05) is 7.05 Å². The molecule has 1 heterocycles. The van der Waals surface area contributed by atoms with Gasteiger partial charge in [-0.25, -0.2) is 0 Å². The lowest BCUT2D eigenvalue weighted by molar-refractivity contribution is -0.137. The monoisotopic (exact) mass is 495 g/mol. The van der Waals surface area contributed by atoms with Crippen molar-refractivity contribution in [3.05, 3.63) is 29.3 Å². The summed E-state index contributed by atoms with van der Waals surface area (Å²) in [6.07, 6.45) is 0.832. The maximum absolute atomic E-state index is 13.1. The van der Waals surface area contributed by atoms with Gasteiger partial charge >= 0.3 is 6.18 Å². The second-order valence-electron chi connectivity index (χ2n) is 6.12. The number of nitrogens with zero attached hydrogens (tertiary/aromatic N) is 3. The van der Waals surface area contributed by atoms with Crippen LogP contribution in [-0.4, -0.2) is 57.7 Å². The molecule has 0 spiro atoms. The highest BCUT2D eigenvalue weighted by atomic mass is 127. The van der Waals surface area contributed by atoms with E-state index in [1.54, 1.807) is 13.1 Å². The Morgan fingerprint density at radius 2 is 1.89 bits per heavy atom. The Labute approximate surface area is 175 Å². The Hall–Kier alpha value is -1.67. The molecule has 1 aromatic carbocycles. The molecular formula is C18H25F3IN5. The van der Waals surface area contributed by atoms with Crippen LogP contribution in [0.15, 0.2) is 23.2 Å². The summed E-state index contributed by atoms with van der Waals surface area (Å²) >= 11 is 0. The molecule has 0 bridgehead atoms. The van der Waals surface area contributed by atoms with E-state index in [0.717, 1.165) is 37.9 Å². The summed E-state index contributed by atoms with van der Waals surface area (Å²) in [4.78, 5) is 8.34. The molecule has 0 amide bonds. The number of halogens is 4. The number of nitrogens with one attached hydrogen (secondary N) is 2. The van der Waals surface area contributed by atoms with Crippen LogP contribution in [-0.2, 0) is 12.7 Å². The molecule has 1 aliphatic rings. The molecule has 0 aromatic heterocycles. The fourth-order valence-electron chi connectivity index (χ4n) is 2.79. The SMILES string of the molecule is C#CCNC(=NC)NCc1cc(C(F)(F)F)ccc1N1CCN(C)CC1.I. The van der Waals surface area contributed by atoms with Crippen LogP contribution in [0.2, 0.25) is 0 Å². The largest absolute Gasteiger partial charge is 0.416 e. The Morgan fingerprint density at radius 3 is 2.44 bits per heavy atom. The molecule has 0 unspecified atom stereocenters. The number of aliphatic imine (C=N–C) groups is 1. The molecule has 1 saturated heterocycles. The third kappa shape index (κ3) is 6.77. The van der Waals surface area contributed by atoms with Crippen LogP contribution in [0.4, 0.5) is 18.9 Å². The Bertz CT molecular complexity index is 677. The minimum absolute atomic E-state index is 0.